The fourth-order valence-corrected chi connectivity index (χ4v) is 2.18. The zero-order valence-corrected chi connectivity index (χ0v) is 21.3. The second-order valence-electron chi connectivity index (χ2n) is 5.68. The third-order valence-electron chi connectivity index (χ3n) is 3.69. The van der Waals surface area contributed by atoms with Gasteiger partial charge in [-0.05, 0) is 5.57 Å². The minimum absolute atomic E-state index is 0. The molecule has 4 rings (SSSR count). The summed E-state index contributed by atoms with van der Waals surface area (Å²) in [4.78, 5) is 20.7. The number of hydrogen-bond donors (Lipinski definition) is 0. The molecule has 1 saturated carbocycles. The summed E-state index contributed by atoms with van der Waals surface area (Å²) in [6.45, 7) is 8.43. The maximum Gasteiger partial charge on any atom is 2.00 e. The molecule has 0 N–H and O–H groups in total. The van der Waals surface area contributed by atoms with E-state index in [9.17, 15) is 9.59 Å². The van der Waals surface area contributed by atoms with Gasteiger partial charge in [0, 0.05) is 38.3 Å². The monoisotopic (exact) mass is 617 g/mol. The van der Waals surface area contributed by atoms with Crippen LogP contribution < -0.4 is 0 Å². The molecule has 5 heteroatoms. The Morgan fingerprint density at radius 3 is 1.54 bits per heavy atom. The molecule has 1 radical (unpaired) electrons. The third kappa shape index (κ3) is 9.37. The summed E-state index contributed by atoms with van der Waals surface area (Å²) in [6.07, 6.45) is 3.95. The molecule has 0 amide bonds. The van der Waals surface area contributed by atoms with Gasteiger partial charge in [-0.25, -0.2) is 4.79 Å². The maximum atomic E-state index is 10.4. The van der Waals surface area contributed by atoms with Gasteiger partial charge in [-0.3, -0.25) is 4.79 Å². The van der Waals surface area contributed by atoms with Gasteiger partial charge >= 0.3 is 21.1 Å². The molecule has 2 aliphatic rings. The van der Waals surface area contributed by atoms with Crippen LogP contribution in [0.4, 0.5) is 0 Å². The van der Waals surface area contributed by atoms with Gasteiger partial charge in [-0.1, -0.05) is 13.2 Å². The Morgan fingerprint density at radius 1 is 0.821 bits per heavy atom. The molecule has 1 aliphatic heterocycles. The largest absolute Gasteiger partial charge is 2.00 e. The number of benzene rings is 2. The number of cyclic esters (lactones) is 1. The average molecular weight is 617 g/mol. The van der Waals surface area contributed by atoms with Crippen molar-refractivity contribution in [2.24, 2.45) is 0 Å². The van der Waals surface area contributed by atoms with Crippen LogP contribution in [0.25, 0.3) is 11.1 Å². The Bertz CT molecular complexity index is 677. The number of ether oxygens (including phenoxy) is 1. The molecular formula is C23H20O3WY-2. The van der Waals surface area contributed by atoms with Gasteiger partial charge in [0.25, 0.3) is 5.97 Å². The van der Waals surface area contributed by atoms with Crippen LogP contribution in [0.1, 0.15) is 19.3 Å². The van der Waals surface area contributed by atoms with Crippen molar-refractivity contribution < 1.29 is 68.1 Å². The summed E-state index contributed by atoms with van der Waals surface area (Å²) in [5.74, 6) is -0.0833. The molecule has 0 unspecified atom stereocenters. The van der Waals surface area contributed by atoms with E-state index in [1.54, 1.807) is 0 Å². The summed E-state index contributed by atoms with van der Waals surface area (Å²) < 4.78 is 4.40. The van der Waals surface area contributed by atoms with Crippen LogP contribution in [-0.4, -0.2) is 11.8 Å². The summed E-state index contributed by atoms with van der Waals surface area (Å²) in [7, 11) is 0. The van der Waals surface area contributed by atoms with E-state index >= 15 is 0 Å². The number of rotatable bonds is 1. The molecule has 1 heterocycles. The fraction of sp³-hybridized carbons (Fsp3) is 0.130. The first-order chi connectivity index (χ1) is 12.6. The van der Waals surface area contributed by atoms with Crippen molar-refractivity contribution in [1.29, 1.82) is 0 Å². The second kappa shape index (κ2) is 14.8. The van der Waals surface area contributed by atoms with E-state index in [0.29, 0.717) is 18.4 Å². The first-order valence-electron chi connectivity index (χ1n) is 8.23. The predicted octanol–water partition coefficient (Wildman–Crippen LogP) is 4.71. The van der Waals surface area contributed by atoms with Crippen LogP contribution in [0.5, 0.6) is 0 Å². The molecule has 1 saturated heterocycles. The molecule has 2 fully saturated rings. The molecule has 0 spiro atoms. The van der Waals surface area contributed by atoms with Gasteiger partial charge in [-0.15, -0.1) is 12.8 Å². The van der Waals surface area contributed by atoms with Crippen molar-refractivity contribution in [3.05, 3.63) is 98.0 Å². The van der Waals surface area contributed by atoms with E-state index in [4.69, 9.17) is 0 Å². The van der Waals surface area contributed by atoms with Crippen LogP contribution in [-0.2, 0) is 68.1 Å². The van der Waals surface area contributed by atoms with Crippen molar-refractivity contribution in [3.63, 3.8) is 0 Å². The average Bonchev–Trinajstić information content (AvgIpc) is 3.25. The molecule has 2 aromatic rings. The molecule has 3 nitrogen and oxygen atoms in total. The Hall–Kier alpha value is -1.15. The topological polar surface area (TPSA) is 43.4 Å². The van der Waals surface area contributed by atoms with Crippen molar-refractivity contribution in [2.45, 2.75) is 19.3 Å². The van der Waals surface area contributed by atoms with Crippen molar-refractivity contribution in [3.8, 4) is 11.1 Å². The van der Waals surface area contributed by atoms with Crippen LogP contribution >= 0.6 is 0 Å². The molecule has 0 aromatic heterocycles. The number of hydrogen-bond acceptors (Lipinski definition) is 3. The number of carbonyl (C=O) groups excluding carboxylic acids is 2. The minimum atomic E-state index is -0.292. The zero-order chi connectivity index (χ0) is 18.8. The quantitative estimate of drug-likeness (QED) is 0.265. The smallest absolute Gasteiger partial charge is 0.633 e. The van der Waals surface area contributed by atoms with E-state index in [1.807, 2.05) is 30.7 Å². The number of allylic oxidation sites excluding steroid dienone is 1. The maximum absolute atomic E-state index is 10.4. The molecular weight excluding hydrogens is 597 g/mol. The minimum Gasteiger partial charge on any atom is -0.633 e. The standard InChI is InChI=1S/C12H8.C6H7O.C5H5O2.W.Y/c1-3-7-11(8-4-1)12-9-5-2-6-10-12;1-5-3-2-4-6(5)7;1-4-2-3-7-5(4)6;;/h3-10H;2H,1,3-4H2;3H,1-2H2;;/q-2;2*-1;+2;. The van der Waals surface area contributed by atoms with Crippen LogP contribution in [0.2, 0.25) is 0 Å². The van der Waals surface area contributed by atoms with Crippen molar-refractivity contribution in [2.75, 3.05) is 0 Å². The fourth-order valence-electron chi connectivity index (χ4n) is 2.18. The number of ketones is 1. The molecule has 1 aliphatic carbocycles. The molecule has 0 atom stereocenters. The normalized spacial score (nSPS) is 14.4. The first kappa shape index (κ1) is 26.9. The van der Waals surface area contributed by atoms with E-state index in [1.165, 1.54) is 17.7 Å². The van der Waals surface area contributed by atoms with Gasteiger partial charge in [0.15, 0.2) is 0 Å². The Kier molecular flexibility index (Phi) is 14.2. The number of Topliss-reactive ketones (excluding diaryl/α,β-unsaturated/α-hetero) is 1. The third-order valence-corrected chi connectivity index (χ3v) is 3.69. The van der Waals surface area contributed by atoms with Crippen LogP contribution in [0.15, 0.2) is 72.8 Å². The van der Waals surface area contributed by atoms with Gasteiger partial charge in [0.1, 0.15) is 5.78 Å². The number of carbonyl (C=O) groups is 2. The Balaban J connectivity index is 0.000000399. The summed E-state index contributed by atoms with van der Waals surface area (Å²) in [6, 6.07) is 21.9. The summed E-state index contributed by atoms with van der Waals surface area (Å²) >= 11 is 0. The summed E-state index contributed by atoms with van der Waals surface area (Å²) in [5.41, 5.74) is 3.76. The van der Waals surface area contributed by atoms with Gasteiger partial charge in [0.2, 0.25) is 0 Å². The molecule has 141 valence electrons. The van der Waals surface area contributed by atoms with Gasteiger partial charge in [-0.2, -0.15) is 84.8 Å². The van der Waals surface area contributed by atoms with Crippen LogP contribution in [0.3, 0.4) is 0 Å². The Labute approximate surface area is 206 Å². The molecule has 28 heavy (non-hydrogen) atoms. The predicted molar refractivity (Wildman–Crippen MR) is 101 cm³/mol. The SMILES string of the molecule is C=C1C[CH-]CC1=O.C=C1C[CH-]OC1=O.[W+2].[Y].[c-]1ccc(-c2cc[c-]cc2)cc1. The van der Waals surface area contributed by atoms with Crippen molar-refractivity contribution in [1.82, 2.24) is 0 Å². The molecule has 0 bridgehead atoms. The van der Waals surface area contributed by atoms with E-state index < -0.39 is 0 Å². The van der Waals surface area contributed by atoms with Gasteiger partial charge < -0.3 is 11.2 Å². The Morgan fingerprint density at radius 2 is 1.32 bits per heavy atom. The van der Waals surface area contributed by atoms with E-state index in [-0.39, 0.29) is 65.5 Å². The second-order valence-corrected chi connectivity index (χ2v) is 5.68. The summed E-state index contributed by atoms with van der Waals surface area (Å²) in [5, 5.41) is 0. The van der Waals surface area contributed by atoms with E-state index in [0.717, 1.165) is 12.0 Å². The van der Waals surface area contributed by atoms with Crippen LogP contribution in [0, 0.1) is 25.2 Å². The first-order valence-corrected chi connectivity index (χ1v) is 8.23. The van der Waals surface area contributed by atoms with E-state index in [2.05, 4.69) is 54.3 Å². The number of esters is 1. The van der Waals surface area contributed by atoms with Gasteiger partial charge in [0.05, 0.1) is 0 Å². The van der Waals surface area contributed by atoms with Crippen molar-refractivity contribution >= 4 is 11.8 Å². The zero-order valence-electron chi connectivity index (χ0n) is 15.5. The molecule has 2 aromatic carbocycles.